The van der Waals surface area contributed by atoms with Gasteiger partial charge >= 0.3 is 5.69 Å². The zero-order valence-corrected chi connectivity index (χ0v) is 21.2. The second kappa shape index (κ2) is 12.3. The molecule has 5 rings (SSSR count). The van der Waals surface area contributed by atoms with Gasteiger partial charge in [0.15, 0.2) is 0 Å². The lowest BCUT2D eigenvalue weighted by atomic mass is 10.2. The van der Waals surface area contributed by atoms with Crippen molar-refractivity contribution >= 4 is 35.4 Å². The Morgan fingerprint density at radius 2 is 1.52 bits per heavy atom. The van der Waals surface area contributed by atoms with Crippen molar-refractivity contribution in [3.63, 3.8) is 0 Å². The van der Waals surface area contributed by atoms with Crippen molar-refractivity contribution in [3.8, 4) is 11.5 Å². The quantitative estimate of drug-likeness (QED) is 0.233. The first kappa shape index (κ1) is 26.6. The number of morpholine rings is 2. The number of non-ortho nitro benzene ring substituents is 1. The fraction of sp³-hybridized carbons (Fsp3) is 0.333. The fourth-order valence-corrected chi connectivity index (χ4v) is 4.01. The highest BCUT2D eigenvalue weighted by atomic mass is 16.6. The van der Waals surface area contributed by atoms with Crippen molar-refractivity contribution in [2.45, 2.75) is 0 Å². The summed E-state index contributed by atoms with van der Waals surface area (Å²) in [5.41, 5.74) is 2.55. The van der Waals surface area contributed by atoms with E-state index in [9.17, 15) is 20.2 Å². The Hall–Kier alpha value is -4.96. The molecule has 16 nitrogen and oxygen atoms in total. The molecule has 1 aromatic heterocycles. The number of ether oxygens (including phenoxy) is 3. The molecule has 0 amide bonds. The molecule has 3 heterocycles. The smallest absolute Gasteiger partial charge is 0.318 e. The van der Waals surface area contributed by atoms with Crippen molar-refractivity contribution < 1.29 is 24.1 Å². The molecule has 2 saturated heterocycles. The molecule has 0 bridgehead atoms. The number of nitro groups is 2. The summed E-state index contributed by atoms with van der Waals surface area (Å²) in [6.07, 6.45) is 1.52. The number of nitrogens with zero attached hydrogens (tertiary/aromatic N) is 8. The highest BCUT2D eigenvalue weighted by Crippen LogP contribution is 2.34. The van der Waals surface area contributed by atoms with E-state index >= 15 is 0 Å². The SMILES string of the molecule is O=[N+]([O-])c1ccc(Oc2cccc(/C=N\Nc3nc(N4CCOCC4)nc(N4CCOCC4)n3)c2)c([N+](=O)[O-])c1. The number of nitrogens with one attached hydrogen (secondary N) is 1. The number of nitro benzene ring substituents is 2. The van der Waals surface area contributed by atoms with Crippen LogP contribution in [0.1, 0.15) is 5.56 Å². The van der Waals surface area contributed by atoms with E-state index in [1.54, 1.807) is 24.3 Å². The number of hydrogen-bond acceptors (Lipinski definition) is 14. The molecule has 2 aromatic carbocycles. The number of hydrazone groups is 1. The summed E-state index contributed by atoms with van der Waals surface area (Å²) in [6.45, 7) is 4.98. The summed E-state index contributed by atoms with van der Waals surface area (Å²) < 4.78 is 16.6. The average Bonchev–Trinajstić information content (AvgIpc) is 2.98. The topological polar surface area (TPSA) is 184 Å². The molecule has 2 aliphatic rings. The predicted octanol–water partition coefficient (Wildman–Crippen LogP) is 2.60. The molecule has 0 unspecified atom stereocenters. The van der Waals surface area contributed by atoms with Gasteiger partial charge in [-0.2, -0.15) is 20.1 Å². The van der Waals surface area contributed by atoms with Crippen molar-refractivity contribution in [2.24, 2.45) is 5.10 Å². The first-order chi connectivity index (χ1) is 19.5. The van der Waals surface area contributed by atoms with Crippen LogP contribution >= 0.6 is 0 Å². The second-order valence-corrected chi connectivity index (χ2v) is 8.67. The van der Waals surface area contributed by atoms with Gasteiger partial charge in [-0.15, -0.1) is 0 Å². The standard InChI is InChI=1S/C24H25N9O7/c34-32(35)18-4-5-21(20(15-18)33(36)37)40-19-3-1-2-17(14-19)16-25-29-22-26-23(30-6-10-38-11-7-30)28-24(27-22)31-8-12-39-13-9-31/h1-5,14-16H,6-13H2,(H,26,27,28,29)/b25-16-. The molecule has 0 radical (unpaired) electrons. The van der Waals surface area contributed by atoms with E-state index in [-0.39, 0.29) is 17.4 Å². The zero-order chi connectivity index (χ0) is 27.9. The molecule has 208 valence electrons. The maximum absolute atomic E-state index is 11.4. The lowest BCUT2D eigenvalue weighted by Crippen LogP contribution is -2.40. The molecule has 2 fully saturated rings. The molecule has 3 aromatic rings. The molecule has 1 N–H and O–H groups in total. The van der Waals surface area contributed by atoms with Crippen LogP contribution in [0.25, 0.3) is 0 Å². The van der Waals surface area contributed by atoms with Crippen LogP contribution in [0.2, 0.25) is 0 Å². The normalized spacial score (nSPS) is 15.7. The van der Waals surface area contributed by atoms with Crippen LogP contribution in [0.15, 0.2) is 47.6 Å². The number of hydrogen-bond donors (Lipinski definition) is 1. The summed E-state index contributed by atoms with van der Waals surface area (Å²) in [5.74, 6) is 1.47. The largest absolute Gasteiger partial charge is 0.450 e. The van der Waals surface area contributed by atoms with Crippen LogP contribution in [0.3, 0.4) is 0 Å². The molecule has 2 aliphatic heterocycles. The average molecular weight is 552 g/mol. The van der Waals surface area contributed by atoms with Gasteiger partial charge < -0.3 is 24.0 Å². The van der Waals surface area contributed by atoms with Crippen LogP contribution in [0.5, 0.6) is 11.5 Å². The third kappa shape index (κ3) is 6.54. The zero-order valence-electron chi connectivity index (χ0n) is 21.2. The van der Waals surface area contributed by atoms with Gasteiger partial charge in [0.25, 0.3) is 5.69 Å². The Labute approximate surface area is 227 Å². The Kier molecular flexibility index (Phi) is 8.17. The molecule has 16 heteroatoms. The highest BCUT2D eigenvalue weighted by molar-refractivity contribution is 5.80. The lowest BCUT2D eigenvalue weighted by Gasteiger charge is -2.30. The maximum atomic E-state index is 11.4. The van der Waals surface area contributed by atoms with E-state index in [2.05, 4.69) is 25.5 Å². The summed E-state index contributed by atoms with van der Waals surface area (Å²) in [6, 6.07) is 9.85. The minimum absolute atomic E-state index is 0.126. The van der Waals surface area contributed by atoms with Gasteiger partial charge in [-0.3, -0.25) is 20.2 Å². The predicted molar refractivity (Wildman–Crippen MR) is 143 cm³/mol. The third-order valence-electron chi connectivity index (χ3n) is 6.01. The van der Waals surface area contributed by atoms with E-state index in [4.69, 9.17) is 14.2 Å². The molecule has 40 heavy (non-hydrogen) atoms. The van der Waals surface area contributed by atoms with E-state index in [0.29, 0.717) is 70.1 Å². The van der Waals surface area contributed by atoms with Crippen LogP contribution in [-0.4, -0.2) is 83.6 Å². The second-order valence-electron chi connectivity index (χ2n) is 8.67. The van der Waals surface area contributed by atoms with Crippen LogP contribution < -0.4 is 20.0 Å². The van der Waals surface area contributed by atoms with Gasteiger partial charge in [0.1, 0.15) is 5.75 Å². The minimum Gasteiger partial charge on any atom is -0.450 e. The summed E-state index contributed by atoms with van der Waals surface area (Å²) in [5, 5.41) is 26.7. The Morgan fingerprint density at radius 1 is 0.875 bits per heavy atom. The third-order valence-corrected chi connectivity index (χ3v) is 6.01. The van der Waals surface area contributed by atoms with Crippen LogP contribution in [-0.2, 0) is 9.47 Å². The maximum Gasteiger partial charge on any atom is 0.318 e. The lowest BCUT2D eigenvalue weighted by molar-refractivity contribution is -0.394. The first-order valence-electron chi connectivity index (χ1n) is 12.4. The Balaban J connectivity index is 1.32. The van der Waals surface area contributed by atoms with Crippen LogP contribution in [0, 0.1) is 20.2 Å². The van der Waals surface area contributed by atoms with Gasteiger partial charge in [-0.1, -0.05) is 12.1 Å². The fourth-order valence-electron chi connectivity index (χ4n) is 4.01. The molecular weight excluding hydrogens is 526 g/mol. The van der Waals surface area contributed by atoms with E-state index in [1.807, 2.05) is 9.80 Å². The number of anilines is 3. The first-order valence-corrected chi connectivity index (χ1v) is 12.4. The molecule has 0 aliphatic carbocycles. The van der Waals surface area contributed by atoms with E-state index in [0.717, 1.165) is 12.1 Å². The van der Waals surface area contributed by atoms with E-state index < -0.39 is 21.2 Å². The van der Waals surface area contributed by atoms with Gasteiger partial charge in [-0.25, -0.2) is 5.43 Å². The number of benzene rings is 2. The summed E-state index contributed by atoms with van der Waals surface area (Å²) in [7, 11) is 0. The van der Waals surface area contributed by atoms with Gasteiger partial charge in [-0.05, 0) is 23.8 Å². The van der Waals surface area contributed by atoms with Crippen LogP contribution in [0.4, 0.5) is 29.2 Å². The van der Waals surface area contributed by atoms with Gasteiger partial charge in [0.2, 0.25) is 23.6 Å². The van der Waals surface area contributed by atoms with Crippen molar-refractivity contribution in [2.75, 3.05) is 67.8 Å². The van der Waals surface area contributed by atoms with Gasteiger partial charge in [0.05, 0.1) is 48.6 Å². The van der Waals surface area contributed by atoms with Crippen molar-refractivity contribution in [1.82, 2.24) is 15.0 Å². The molecule has 0 atom stereocenters. The monoisotopic (exact) mass is 551 g/mol. The summed E-state index contributed by atoms with van der Waals surface area (Å²) >= 11 is 0. The minimum atomic E-state index is -0.734. The van der Waals surface area contributed by atoms with Gasteiger partial charge in [0, 0.05) is 32.2 Å². The Morgan fingerprint density at radius 3 is 2.12 bits per heavy atom. The van der Waals surface area contributed by atoms with E-state index in [1.165, 1.54) is 12.3 Å². The number of rotatable bonds is 9. The van der Waals surface area contributed by atoms with Crippen molar-refractivity contribution in [1.29, 1.82) is 0 Å². The summed E-state index contributed by atoms with van der Waals surface area (Å²) in [4.78, 5) is 38.7. The Bertz CT molecular complexity index is 1370. The molecule has 0 spiro atoms. The molecule has 0 saturated carbocycles. The number of aromatic nitrogens is 3. The van der Waals surface area contributed by atoms with Crippen molar-refractivity contribution in [3.05, 3.63) is 68.3 Å². The highest BCUT2D eigenvalue weighted by Gasteiger charge is 2.22. The molecular formula is C24H25N9O7.